The van der Waals surface area contributed by atoms with E-state index in [0.717, 1.165) is 12.0 Å². The van der Waals surface area contributed by atoms with E-state index >= 15 is 0 Å². The lowest BCUT2D eigenvalue weighted by Gasteiger charge is -2.24. The average Bonchev–Trinajstić information content (AvgIpc) is 2.52. The number of rotatable bonds is 4. The van der Waals surface area contributed by atoms with Crippen LogP contribution in [0.1, 0.15) is 84.5 Å². The van der Waals surface area contributed by atoms with E-state index in [0.29, 0.717) is 5.41 Å². The fourth-order valence-electron chi connectivity index (χ4n) is 3.83. The predicted molar refractivity (Wildman–Crippen MR) is 79.8 cm³/mol. The van der Waals surface area contributed by atoms with Gasteiger partial charge in [-0.25, -0.2) is 0 Å². The molecule has 2 aliphatic rings. The third-order valence-electron chi connectivity index (χ3n) is 5.29. The zero-order valence-electron chi connectivity index (χ0n) is 12.6. The summed E-state index contributed by atoms with van der Waals surface area (Å²) in [6, 6.07) is 0.815. The third kappa shape index (κ3) is 4.91. The van der Waals surface area contributed by atoms with Crippen LogP contribution >= 0.6 is 0 Å². The molecule has 1 N–H and O–H groups in total. The van der Waals surface area contributed by atoms with E-state index in [9.17, 15) is 0 Å². The van der Waals surface area contributed by atoms with Crippen LogP contribution in [-0.4, -0.2) is 12.6 Å². The molecule has 18 heavy (non-hydrogen) atoms. The Kier molecular flexibility index (Phi) is 5.54. The molecule has 1 nitrogen and oxygen atoms in total. The largest absolute Gasteiger partial charge is 0.314 e. The minimum absolute atomic E-state index is 0.597. The maximum atomic E-state index is 3.85. The fraction of sp³-hybridized carbons (Fsp3) is 1.00. The van der Waals surface area contributed by atoms with Crippen molar-refractivity contribution in [3.05, 3.63) is 0 Å². The van der Waals surface area contributed by atoms with Crippen molar-refractivity contribution < 1.29 is 0 Å². The zero-order chi connectivity index (χ0) is 12.8. The van der Waals surface area contributed by atoms with E-state index in [-0.39, 0.29) is 0 Å². The molecule has 2 rings (SSSR count). The molecule has 1 unspecified atom stereocenters. The Hall–Kier alpha value is -0.0400. The van der Waals surface area contributed by atoms with E-state index in [1.54, 1.807) is 0 Å². The molecule has 1 atom stereocenters. The fourth-order valence-corrected chi connectivity index (χ4v) is 3.83. The van der Waals surface area contributed by atoms with Crippen molar-refractivity contribution >= 4 is 0 Å². The molecular weight excluding hydrogens is 218 g/mol. The van der Waals surface area contributed by atoms with E-state index in [1.807, 2.05) is 0 Å². The van der Waals surface area contributed by atoms with Gasteiger partial charge in [-0.05, 0) is 50.0 Å². The van der Waals surface area contributed by atoms with Gasteiger partial charge in [-0.15, -0.1) is 0 Å². The average molecular weight is 251 g/mol. The van der Waals surface area contributed by atoms with Gasteiger partial charge < -0.3 is 5.32 Å². The van der Waals surface area contributed by atoms with E-state index in [1.165, 1.54) is 77.2 Å². The molecule has 0 heterocycles. The first kappa shape index (κ1) is 14.4. The van der Waals surface area contributed by atoms with Gasteiger partial charge in [-0.2, -0.15) is 0 Å². The van der Waals surface area contributed by atoms with Gasteiger partial charge in [0.25, 0.3) is 0 Å². The van der Waals surface area contributed by atoms with Crippen molar-refractivity contribution in [3.63, 3.8) is 0 Å². The topological polar surface area (TPSA) is 12.0 Å². The van der Waals surface area contributed by atoms with Crippen LogP contribution in [0.2, 0.25) is 0 Å². The zero-order valence-corrected chi connectivity index (χ0v) is 12.6. The van der Waals surface area contributed by atoms with Crippen LogP contribution < -0.4 is 5.32 Å². The highest BCUT2D eigenvalue weighted by Crippen LogP contribution is 2.33. The Morgan fingerprint density at radius 1 is 0.889 bits per heavy atom. The SMILES string of the molecule is CC1(C)CCCC(NCCC2CCCCC2)CC1. The number of hydrogen-bond donors (Lipinski definition) is 1. The first-order valence-corrected chi connectivity index (χ1v) is 8.39. The van der Waals surface area contributed by atoms with Crippen LogP contribution in [-0.2, 0) is 0 Å². The standard InChI is InChI=1S/C17H33N/c1-17(2)12-6-9-16(10-13-17)18-14-11-15-7-4-3-5-8-15/h15-16,18H,3-14H2,1-2H3. The second-order valence-corrected chi connectivity index (χ2v) is 7.54. The molecule has 0 aliphatic heterocycles. The molecule has 0 aromatic rings. The third-order valence-corrected chi connectivity index (χ3v) is 5.29. The van der Waals surface area contributed by atoms with Crippen LogP contribution in [0.3, 0.4) is 0 Å². The normalized spacial score (nSPS) is 30.0. The molecule has 2 saturated carbocycles. The van der Waals surface area contributed by atoms with Gasteiger partial charge >= 0.3 is 0 Å². The lowest BCUT2D eigenvalue weighted by atomic mass is 9.85. The van der Waals surface area contributed by atoms with Gasteiger partial charge in [0.15, 0.2) is 0 Å². The van der Waals surface area contributed by atoms with E-state index in [2.05, 4.69) is 19.2 Å². The van der Waals surface area contributed by atoms with Gasteiger partial charge in [0.05, 0.1) is 0 Å². The molecule has 2 fully saturated rings. The van der Waals surface area contributed by atoms with Crippen molar-refractivity contribution in [3.8, 4) is 0 Å². The van der Waals surface area contributed by atoms with Crippen molar-refractivity contribution in [2.24, 2.45) is 11.3 Å². The number of hydrogen-bond acceptors (Lipinski definition) is 1. The van der Waals surface area contributed by atoms with E-state index < -0.39 is 0 Å². The molecule has 0 saturated heterocycles. The van der Waals surface area contributed by atoms with Crippen LogP contribution in [0.15, 0.2) is 0 Å². The van der Waals surface area contributed by atoms with Gasteiger partial charge in [0.1, 0.15) is 0 Å². The Labute approximate surface area is 114 Å². The monoisotopic (exact) mass is 251 g/mol. The Morgan fingerprint density at radius 2 is 1.67 bits per heavy atom. The minimum atomic E-state index is 0.597. The second-order valence-electron chi connectivity index (χ2n) is 7.54. The maximum absolute atomic E-state index is 3.85. The molecule has 0 amide bonds. The summed E-state index contributed by atoms with van der Waals surface area (Å²) in [6.45, 7) is 6.16. The first-order valence-electron chi connectivity index (χ1n) is 8.39. The molecule has 0 aromatic heterocycles. The first-order chi connectivity index (χ1) is 8.66. The van der Waals surface area contributed by atoms with Gasteiger partial charge in [-0.3, -0.25) is 0 Å². The molecule has 1 heteroatoms. The second kappa shape index (κ2) is 6.93. The summed E-state index contributed by atoms with van der Waals surface area (Å²) in [7, 11) is 0. The summed E-state index contributed by atoms with van der Waals surface area (Å²) in [4.78, 5) is 0. The summed E-state index contributed by atoms with van der Waals surface area (Å²) in [6.07, 6.45) is 16.0. The maximum Gasteiger partial charge on any atom is 0.00672 e. The van der Waals surface area contributed by atoms with Crippen molar-refractivity contribution in [2.75, 3.05) is 6.54 Å². The molecular formula is C17H33N. The molecule has 0 radical (unpaired) electrons. The predicted octanol–water partition coefficient (Wildman–Crippen LogP) is 4.91. The highest BCUT2D eigenvalue weighted by molar-refractivity contribution is 4.80. The van der Waals surface area contributed by atoms with Crippen LogP contribution in [0.25, 0.3) is 0 Å². The molecule has 0 spiro atoms. The summed E-state index contributed by atoms with van der Waals surface area (Å²) in [5, 5.41) is 3.85. The summed E-state index contributed by atoms with van der Waals surface area (Å²) in [5.41, 5.74) is 0.597. The quantitative estimate of drug-likeness (QED) is 0.700. The summed E-state index contributed by atoms with van der Waals surface area (Å²) < 4.78 is 0. The highest BCUT2D eigenvalue weighted by atomic mass is 14.9. The highest BCUT2D eigenvalue weighted by Gasteiger charge is 2.24. The molecule has 106 valence electrons. The summed E-state index contributed by atoms with van der Waals surface area (Å²) >= 11 is 0. The van der Waals surface area contributed by atoms with Crippen LogP contribution in [0.5, 0.6) is 0 Å². The Bertz CT molecular complexity index is 228. The molecule has 0 aromatic carbocycles. The van der Waals surface area contributed by atoms with Gasteiger partial charge in [0, 0.05) is 6.04 Å². The lowest BCUT2D eigenvalue weighted by Crippen LogP contribution is -2.30. The minimum Gasteiger partial charge on any atom is -0.314 e. The smallest absolute Gasteiger partial charge is 0.00672 e. The summed E-state index contributed by atoms with van der Waals surface area (Å²) in [5.74, 6) is 1.04. The van der Waals surface area contributed by atoms with Crippen LogP contribution in [0, 0.1) is 11.3 Å². The Morgan fingerprint density at radius 3 is 2.44 bits per heavy atom. The Balaban J connectivity index is 1.61. The van der Waals surface area contributed by atoms with Crippen molar-refractivity contribution in [1.82, 2.24) is 5.32 Å². The van der Waals surface area contributed by atoms with E-state index in [4.69, 9.17) is 0 Å². The number of nitrogens with one attached hydrogen (secondary N) is 1. The lowest BCUT2D eigenvalue weighted by molar-refractivity contribution is 0.304. The van der Waals surface area contributed by atoms with Crippen molar-refractivity contribution in [1.29, 1.82) is 0 Å². The molecule has 2 aliphatic carbocycles. The van der Waals surface area contributed by atoms with Crippen LogP contribution in [0.4, 0.5) is 0 Å². The molecule has 0 bridgehead atoms. The van der Waals surface area contributed by atoms with Crippen molar-refractivity contribution in [2.45, 2.75) is 90.5 Å². The van der Waals surface area contributed by atoms with Gasteiger partial charge in [0.2, 0.25) is 0 Å². The van der Waals surface area contributed by atoms with Gasteiger partial charge in [-0.1, -0.05) is 52.4 Å².